The molecule has 0 spiro atoms. The Hall–Kier alpha value is -1.33. The zero-order chi connectivity index (χ0) is 14.1. The fourth-order valence-electron chi connectivity index (χ4n) is 1.66. The van der Waals surface area contributed by atoms with Crippen LogP contribution in [0, 0.1) is 0 Å². The number of nitrogens with two attached hydrogens (primary N) is 1. The highest BCUT2D eigenvalue weighted by atomic mass is 32.1. The van der Waals surface area contributed by atoms with Crippen LogP contribution in [-0.4, -0.2) is 28.6 Å². The number of benzene rings is 1. The molecule has 0 aliphatic rings. The fraction of sp³-hybridized carbons (Fsp3) is 0.429. The third kappa shape index (κ3) is 5.44. The molecule has 5 heteroatoms. The van der Waals surface area contributed by atoms with Crippen LogP contribution in [0.25, 0.3) is 12.5 Å². The van der Waals surface area contributed by atoms with Crippen LogP contribution in [0.1, 0.15) is 19.3 Å². The van der Waals surface area contributed by atoms with Crippen molar-refractivity contribution in [1.82, 2.24) is 0 Å². The van der Waals surface area contributed by atoms with E-state index in [4.69, 9.17) is 20.7 Å². The van der Waals surface area contributed by atoms with E-state index in [1.54, 1.807) is 18.2 Å². The summed E-state index contributed by atoms with van der Waals surface area (Å²) in [6.07, 6.45) is 4.77. The summed E-state index contributed by atoms with van der Waals surface area (Å²) in [6.45, 7) is 0.604. The molecule has 0 aliphatic heterocycles. The number of aliphatic hydroxyl groups excluding tert-OH is 2. The SMILES string of the molecule is NC(CS)CCCCOc1ccc(=CO)c(=CO)c1. The first-order chi connectivity index (χ1) is 9.21. The van der Waals surface area contributed by atoms with E-state index >= 15 is 0 Å². The second-order valence-electron chi connectivity index (χ2n) is 4.34. The van der Waals surface area contributed by atoms with Crippen LogP contribution in [0.15, 0.2) is 18.2 Å². The monoisotopic (exact) mass is 283 g/mol. The van der Waals surface area contributed by atoms with Gasteiger partial charge in [0.2, 0.25) is 0 Å². The summed E-state index contributed by atoms with van der Waals surface area (Å²) in [5.74, 6) is 1.37. The van der Waals surface area contributed by atoms with E-state index in [1.165, 1.54) is 0 Å². The van der Waals surface area contributed by atoms with Crippen molar-refractivity contribution >= 4 is 25.2 Å². The van der Waals surface area contributed by atoms with Crippen LogP contribution in [0.3, 0.4) is 0 Å². The standard InChI is InChI=1S/C14H21NO3S/c15-13(10-19)3-1-2-6-18-14-5-4-11(8-16)12(7-14)9-17/h4-5,7-9,13,16-17,19H,1-3,6,10,15H2. The summed E-state index contributed by atoms with van der Waals surface area (Å²) in [4.78, 5) is 0. The van der Waals surface area contributed by atoms with Crippen molar-refractivity contribution in [2.45, 2.75) is 25.3 Å². The molecule has 1 atom stereocenters. The predicted molar refractivity (Wildman–Crippen MR) is 81.1 cm³/mol. The van der Waals surface area contributed by atoms with Gasteiger partial charge >= 0.3 is 0 Å². The Morgan fingerprint density at radius 1 is 1.21 bits per heavy atom. The molecule has 0 heterocycles. The van der Waals surface area contributed by atoms with Crippen molar-refractivity contribution in [3.8, 4) is 5.75 Å². The molecule has 0 amide bonds. The molecule has 4 N–H and O–H groups in total. The molecule has 0 radical (unpaired) electrons. The molecule has 19 heavy (non-hydrogen) atoms. The van der Waals surface area contributed by atoms with Crippen LogP contribution in [0.4, 0.5) is 0 Å². The zero-order valence-corrected chi connectivity index (χ0v) is 11.7. The van der Waals surface area contributed by atoms with Gasteiger partial charge in [-0.05, 0) is 37.5 Å². The summed E-state index contributed by atoms with van der Waals surface area (Å²) in [7, 11) is 0. The van der Waals surface area contributed by atoms with E-state index in [0.717, 1.165) is 31.8 Å². The fourth-order valence-corrected chi connectivity index (χ4v) is 1.84. The Labute approximate surface area is 118 Å². The van der Waals surface area contributed by atoms with Crippen LogP contribution in [-0.2, 0) is 0 Å². The average molecular weight is 283 g/mol. The number of hydrogen-bond donors (Lipinski definition) is 4. The number of rotatable bonds is 7. The van der Waals surface area contributed by atoms with E-state index in [0.29, 0.717) is 28.5 Å². The van der Waals surface area contributed by atoms with Gasteiger partial charge in [0.15, 0.2) is 0 Å². The molecule has 1 unspecified atom stereocenters. The highest BCUT2D eigenvalue weighted by Gasteiger charge is 1.99. The van der Waals surface area contributed by atoms with Gasteiger partial charge in [-0.2, -0.15) is 12.6 Å². The van der Waals surface area contributed by atoms with Gasteiger partial charge in [-0.15, -0.1) is 0 Å². The number of aliphatic hydroxyl groups is 2. The number of thiol groups is 1. The van der Waals surface area contributed by atoms with Crippen LogP contribution < -0.4 is 20.9 Å². The minimum atomic E-state index is 0.151. The Morgan fingerprint density at radius 2 is 1.95 bits per heavy atom. The number of unbranched alkanes of at least 4 members (excludes halogenated alkanes) is 1. The topological polar surface area (TPSA) is 75.7 Å². The lowest BCUT2D eigenvalue weighted by Crippen LogP contribution is -2.24. The largest absolute Gasteiger partial charge is 0.515 e. The highest BCUT2D eigenvalue weighted by molar-refractivity contribution is 7.80. The van der Waals surface area contributed by atoms with E-state index in [-0.39, 0.29) is 6.04 Å². The van der Waals surface area contributed by atoms with Gasteiger partial charge in [0.1, 0.15) is 5.75 Å². The Bertz CT molecular complexity index is 490. The molecule has 1 aromatic carbocycles. The second-order valence-corrected chi connectivity index (χ2v) is 4.70. The Kier molecular flexibility index (Phi) is 7.22. The lowest BCUT2D eigenvalue weighted by molar-refractivity contribution is 0.303. The molecule has 0 bridgehead atoms. The summed E-state index contributed by atoms with van der Waals surface area (Å²) >= 11 is 4.13. The lowest BCUT2D eigenvalue weighted by atomic mass is 10.1. The zero-order valence-electron chi connectivity index (χ0n) is 10.8. The minimum absolute atomic E-state index is 0.151. The molecule has 1 aromatic rings. The predicted octanol–water partition coefficient (Wildman–Crippen LogP) is 1.08. The molecule has 0 fully saturated rings. The first-order valence-corrected chi connectivity index (χ1v) is 6.92. The third-order valence-corrected chi connectivity index (χ3v) is 3.28. The van der Waals surface area contributed by atoms with Gasteiger partial charge in [-0.3, -0.25) is 0 Å². The molecule has 0 aliphatic carbocycles. The van der Waals surface area contributed by atoms with E-state index < -0.39 is 0 Å². The maximum absolute atomic E-state index is 9.04. The lowest BCUT2D eigenvalue weighted by Gasteiger charge is -2.09. The first kappa shape index (κ1) is 15.7. The summed E-state index contributed by atoms with van der Waals surface area (Å²) in [5.41, 5.74) is 5.76. The molecule has 1 rings (SSSR count). The smallest absolute Gasteiger partial charge is 0.120 e. The quantitative estimate of drug-likeness (QED) is 0.446. The van der Waals surface area contributed by atoms with Crippen LogP contribution in [0.5, 0.6) is 5.75 Å². The third-order valence-electron chi connectivity index (χ3n) is 2.81. The van der Waals surface area contributed by atoms with Crippen molar-refractivity contribution in [1.29, 1.82) is 0 Å². The van der Waals surface area contributed by atoms with Gasteiger partial charge in [0.25, 0.3) is 0 Å². The first-order valence-electron chi connectivity index (χ1n) is 6.29. The van der Waals surface area contributed by atoms with Crippen molar-refractivity contribution < 1.29 is 14.9 Å². The molecule has 0 saturated heterocycles. The normalized spacial score (nSPS) is 14.6. The van der Waals surface area contributed by atoms with Crippen molar-refractivity contribution in [3.05, 3.63) is 28.6 Å². The maximum atomic E-state index is 9.04. The summed E-state index contributed by atoms with van der Waals surface area (Å²) in [6, 6.07) is 5.28. The van der Waals surface area contributed by atoms with Gasteiger partial charge in [-0.1, -0.05) is 0 Å². The second kappa shape index (κ2) is 8.72. The van der Waals surface area contributed by atoms with Gasteiger partial charge in [0.05, 0.1) is 19.1 Å². The average Bonchev–Trinajstić information content (AvgIpc) is 2.46. The molecule has 0 aromatic heterocycles. The van der Waals surface area contributed by atoms with Crippen LogP contribution in [0.2, 0.25) is 0 Å². The number of hydrogen-bond acceptors (Lipinski definition) is 5. The van der Waals surface area contributed by atoms with E-state index in [1.807, 2.05) is 0 Å². The molecule has 4 nitrogen and oxygen atoms in total. The van der Waals surface area contributed by atoms with Crippen LogP contribution >= 0.6 is 12.6 Å². The van der Waals surface area contributed by atoms with Gasteiger partial charge in [-0.25, -0.2) is 0 Å². The van der Waals surface area contributed by atoms with Crippen molar-refractivity contribution in [2.24, 2.45) is 5.73 Å². The molecule has 106 valence electrons. The van der Waals surface area contributed by atoms with Crippen molar-refractivity contribution in [2.75, 3.05) is 12.4 Å². The molecule has 0 saturated carbocycles. The molecular formula is C14H21NO3S. The van der Waals surface area contributed by atoms with Gasteiger partial charge < -0.3 is 20.7 Å². The van der Waals surface area contributed by atoms with Crippen molar-refractivity contribution in [3.63, 3.8) is 0 Å². The van der Waals surface area contributed by atoms with E-state index in [2.05, 4.69) is 12.6 Å². The Morgan fingerprint density at radius 3 is 2.58 bits per heavy atom. The Balaban J connectivity index is 2.43. The summed E-state index contributed by atoms with van der Waals surface area (Å²) in [5, 5.41) is 19.1. The summed E-state index contributed by atoms with van der Waals surface area (Å²) < 4.78 is 5.58. The number of ether oxygens (including phenoxy) is 1. The highest BCUT2D eigenvalue weighted by Crippen LogP contribution is 2.06. The van der Waals surface area contributed by atoms with Gasteiger partial charge in [0, 0.05) is 22.2 Å². The maximum Gasteiger partial charge on any atom is 0.120 e. The minimum Gasteiger partial charge on any atom is -0.515 e. The molecular weight excluding hydrogens is 262 g/mol. The van der Waals surface area contributed by atoms with E-state index in [9.17, 15) is 0 Å².